The van der Waals surface area contributed by atoms with Crippen LogP contribution in [0.3, 0.4) is 0 Å². The third-order valence-electron chi connectivity index (χ3n) is 5.83. The number of nitrogens with one attached hydrogen (secondary N) is 1. The lowest BCUT2D eigenvalue weighted by molar-refractivity contribution is 0.0381. The van der Waals surface area contributed by atoms with Crippen molar-refractivity contribution in [1.82, 2.24) is 15.2 Å². The van der Waals surface area contributed by atoms with Gasteiger partial charge in [-0.25, -0.2) is 0 Å². The molecule has 5 rings (SSSR count). The highest BCUT2D eigenvalue weighted by molar-refractivity contribution is 6.31. The second-order valence-electron chi connectivity index (χ2n) is 7.35. The Morgan fingerprint density at radius 3 is 2.60 bits per heavy atom. The number of nitrogens with zero attached hydrogens (tertiary/aromatic N) is 3. The van der Waals surface area contributed by atoms with Crippen molar-refractivity contribution < 1.29 is 5.11 Å². The maximum absolute atomic E-state index is 11.4. The molecule has 0 amide bonds. The van der Waals surface area contributed by atoms with Gasteiger partial charge in [-0.2, -0.15) is 5.10 Å². The van der Waals surface area contributed by atoms with Crippen molar-refractivity contribution in [1.29, 1.82) is 0 Å². The molecule has 0 bridgehead atoms. The van der Waals surface area contributed by atoms with Gasteiger partial charge in [-0.15, -0.1) is 0 Å². The molecule has 1 aliphatic heterocycles. The molecule has 2 aliphatic rings. The van der Waals surface area contributed by atoms with Crippen molar-refractivity contribution in [2.24, 2.45) is 11.8 Å². The Morgan fingerprint density at radius 1 is 1.16 bits per heavy atom. The standard InChI is InChI=1S/C19H19ClN4O/c20-14-5-17(16-9-22-23-18(16)6-14)19(25)7-12-10-24(11-13(12)8-19)15-1-3-21-4-2-15/h1-6,9,12-13,25H,7-8,10-11H2,(H,22,23)/t12-,13+,19?. The molecule has 1 saturated heterocycles. The number of halogens is 1. The van der Waals surface area contributed by atoms with Gasteiger partial charge >= 0.3 is 0 Å². The number of H-pyrrole nitrogens is 1. The third-order valence-corrected chi connectivity index (χ3v) is 6.05. The highest BCUT2D eigenvalue weighted by Crippen LogP contribution is 2.51. The second-order valence-corrected chi connectivity index (χ2v) is 7.79. The highest BCUT2D eigenvalue weighted by Gasteiger charge is 2.49. The molecule has 0 radical (unpaired) electrons. The normalized spacial score (nSPS) is 28.6. The number of aromatic nitrogens is 3. The molecule has 0 spiro atoms. The Labute approximate surface area is 150 Å². The van der Waals surface area contributed by atoms with Crippen molar-refractivity contribution in [2.75, 3.05) is 18.0 Å². The molecule has 3 heterocycles. The van der Waals surface area contributed by atoms with Crippen molar-refractivity contribution >= 4 is 28.2 Å². The first-order valence-corrected chi connectivity index (χ1v) is 9.01. The Bertz CT molecular complexity index is 912. The zero-order chi connectivity index (χ0) is 17.0. The summed E-state index contributed by atoms with van der Waals surface area (Å²) in [6, 6.07) is 7.87. The summed E-state index contributed by atoms with van der Waals surface area (Å²) in [4.78, 5) is 6.50. The van der Waals surface area contributed by atoms with E-state index < -0.39 is 5.60 Å². The van der Waals surface area contributed by atoms with Crippen molar-refractivity contribution in [3.63, 3.8) is 0 Å². The first-order valence-electron chi connectivity index (χ1n) is 8.63. The van der Waals surface area contributed by atoms with Gasteiger partial charge < -0.3 is 10.0 Å². The Balaban J connectivity index is 1.44. The predicted octanol–water partition coefficient (Wildman–Crippen LogP) is 3.35. The number of benzene rings is 1. The van der Waals surface area contributed by atoms with E-state index in [9.17, 15) is 5.11 Å². The molecule has 6 heteroatoms. The van der Waals surface area contributed by atoms with Crippen LogP contribution in [0.15, 0.2) is 42.9 Å². The monoisotopic (exact) mass is 354 g/mol. The van der Waals surface area contributed by atoms with E-state index >= 15 is 0 Å². The minimum absolute atomic E-state index is 0.485. The average Bonchev–Trinajstić information content (AvgIpc) is 3.28. The van der Waals surface area contributed by atoms with E-state index in [0.717, 1.165) is 42.4 Å². The van der Waals surface area contributed by atoms with E-state index in [1.54, 1.807) is 6.20 Å². The van der Waals surface area contributed by atoms with Gasteiger partial charge in [-0.05, 0) is 54.5 Å². The van der Waals surface area contributed by atoms with Gasteiger partial charge in [0.15, 0.2) is 0 Å². The van der Waals surface area contributed by atoms with E-state index in [0.29, 0.717) is 16.9 Å². The molecule has 25 heavy (non-hydrogen) atoms. The highest BCUT2D eigenvalue weighted by atomic mass is 35.5. The predicted molar refractivity (Wildman–Crippen MR) is 97.7 cm³/mol. The fourth-order valence-electron chi connectivity index (χ4n) is 4.74. The summed E-state index contributed by atoms with van der Waals surface area (Å²) in [5.74, 6) is 0.971. The Hall–Kier alpha value is -2.11. The lowest BCUT2D eigenvalue weighted by Crippen LogP contribution is -2.28. The molecule has 1 aromatic carbocycles. The quantitative estimate of drug-likeness (QED) is 0.740. The van der Waals surface area contributed by atoms with Gasteiger partial charge in [-0.3, -0.25) is 10.1 Å². The molecule has 128 valence electrons. The van der Waals surface area contributed by atoms with Crippen molar-refractivity contribution in [3.05, 3.63) is 53.4 Å². The van der Waals surface area contributed by atoms with Gasteiger partial charge in [-0.1, -0.05) is 11.6 Å². The second kappa shape index (κ2) is 5.44. The maximum atomic E-state index is 11.4. The van der Waals surface area contributed by atoms with Crippen LogP contribution < -0.4 is 4.90 Å². The van der Waals surface area contributed by atoms with Gasteiger partial charge in [0.2, 0.25) is 0 Å². The lowest BCUT2D eigenvalue weighted by atomic mass is 9.88. The van der Waals surface area contributed by atoms with Crippen LogP contribution >= 0.6 is 11.6 Å². The molecule has 5 nitrogen and oxygen atoms in total. The number of hydrogen-bond donors (Lipinski definition) is 2. The van der Waals surface area contributed by atoms with Crippen LogP contribution in [0, 0.1) is 11.8 Å². The molecule has 1 saturated carbocycles. The summed E-state index contributed by atoms with van der Waals surface area (Å²) < 4.78 is 0. The Kier molecular flexibility index (Phi) is 3.30. The summed E-state index contributed by atoms with van der Waals surface area (Å²) in [6.07, 6.45) is 6.98. The third kappa shape index (κ3) is 2.41. The van der Waals surface area contributed by atoms with Crippen LogP contribution in [0.1, 0.15) is 18.4 Å². The molecular formula is C19H19ClN4O. The number of fused-ring (bicyclic) bond motifs is 2. The fourth-order valence-corrected chi connectivity index (χ4v) is 4.96. The van der Waals surface area contributed by atoms with E-state index in [1.807, 2.05) is 24.5 Å². The molecule has 3 atom stereocenters. The summed E-state index contributed by atoms with van der Waals surface area (Å²) in [7, 11) is 0. The minimum atomic E-state index is -0.827. The van der Waals surface area contributed by atoms with Crippen LogP contribution in [-0.2, 0) is 5.60 Å². The van der Waals surface area contributed by atoms with Crippen molar-refractivity contribution in [2.45, 2.75) is 18.4 Å². The van der Waals surface area contributed by atoms with Crippen LogP contribution in [0.5, 0.6) is 0 Å². The minimum Gasteiger partial charge on any atom is -0.385 e. The molecule has 1 unspecified atom stereocenters. The molecule has 2 aromatic heterocycles. The van der Waals surface area contributed by atoms with E-state index in [4.69, 9.17) is 11.6 Å². The SMILES string of the molecule is OC1(c2cc(Cl)cc3[nH]ncc23)C[C@H]2CN(c3ccncc3)C[C@H]2C1. The van der Waals surface area contributed by atoms with Crippen LogP contribution in [0.25, 0.3) is 10.9 Å². The lowest BCUT2D eigenvalue weighted by Gasteiger charge is -2.28. The summed E-state index contributed by atoms with van der Waals surface area (Å²) in [6.45, 7) is 1.96. The van der Waals surface area contributed by atoms with Crippen LogP contribution in [-0.4, -0.2) is 33.4 Å². The average molecular weight is 355 g/mol. The zero-order valence-electron chi connectivity index (χ0n) is 13.7. The number of aliphatic hydroxyl groups is 1. The molecule has 3 aromatic rings. The molecular weight excluding hydrogens is 336 g/mol. The van der Waals surface area contributed by atoms with Crippen LogP contribution in [0.2, 0.25) is 5.02 Å². The zero-order valence-corrected chi connectivity index (χ0v) is 14.4. The number of anilines is 1. The summed E-state index contributed by atoms with van der Waals surface area (Å²) in [5, 5.41) is 20.1. The topological polar surface area (TPSA) is 65.0 Å². The van der Waals surface area contributed by atoms with E-state index in [2.05, 4.69) is 32.2 Å². The van der Waals surface area contributed by atoms with Gasteiger partial charge in [0.1, 0.15) is 0 Å². The first kappa shape index (κ1) is 15.2. The van der Waals surface area contributed by atoms with Gasteiger partial charge in [0.25, 0.3) is 0 Å². The van der Waals surface area contributed by atoms with Gasteiger partial charge in [0.05, 0.1) is 17.3 Å². The van der Waals surface area contributed by atoms with E-state index in [-0.39, 0.29) is 0 Å². The molecule has 1 aliphatic carbocycles. The van der Waals surface area contributed by atoms with Crippen molar-refractivity contribution in [3.8, 4) is 0 Å². The number of hydrogen-bond acceptors (Lipinski definition) is 4. The maximum Gasteiger partial charge on any atom is 0.0911 e. The summed E-state index contributed by atoms with van der Waals surface area (Å²) in [5.41, 5.74) is 2.18. The van der Waals surface area contributed by atoms with Gasteiger partial charge in [0, 0.05) is 41.6 Å². The molecule has 2 fully saturated rings. The number of rotatable bonds is 2. The smallest absolute Gasteiger partial charge is 0.0911 e. The first-order chi connectivity index (χ1) is 12.1. The fraction of sp³-hybridized carbons (Fsp3) is 0.368. The largest absolute Gasteiger partial charge is 0.385 e. The number of pyridine rings is 1. The Morgan fingerprint density at radius 2 is 1.88 bits per heavy atom. The number of aromatic amines is 1. The summed E-state index contributed by atoms with van der Waals surface area (Å²) >= 11 is 6.27. The molecule has 2 N–H and O–H groups in total. The van der Waals surface area contributed by atoms with E-state index in [1.165, 1.54) is 5.69 Å². The van der Waals surface area contributed by atoms with Crippen LogP contribution in [0.4, 0.5) is 5.69 Å².